The predicted molar refractivity (Wildman–Crippen MR) is 147 cm³/mol. The zero-order valence-electron chi connectivity index (χ0n) is 21.8. The number of phenolic OH excluding ortho intramolecular Hbond substituents is 1. The molecule has 1 heterocycles. The molecule has 0 spiro atoms. The summed E-state index contributed by atoms with van der Waals surface area (Å²) >= 11 is 6.00. The molecule has 6 nitrogen and oxygen atoms in total. The molecule has 208 valence electrons. The molecule has 1 saturated heterocycles. The van der Waals surface area contributed by atoms with Gasteiger partial charge in [-0.15, -0.1) is 0 Å². The number of ether oxygens (including phenoxy) is 1. The van der Waals surface area contributed by atoms with Crippen LogP contribution in [0.5, 0.6) is 11.5 Å². The summed E-state index contributed by atoms with van der Waals surface area (Å²) in [6.07, 6.45) is -2.18. The van der Waals surface area contributed by atoms with Gasteiger partial charge in [-0.25, -0.2) is 0 Å². The number of amides is 1. The van der Waals surface area contributed by atoms with Crippen molar-refractivity contribution in [2.24, 2.45) is 0 Å². The Labute approximate surface area is 230 Å². The zero-order chi connectivity index (χ0) is 28.2. The van der Waals surface area contributed by atoms with E-state index in [2.05, 4.69) is 22.2 Å². The van der Waals surface area contributed by atoms with E-state index in [9.17, 15) is 23.1 Å². The summed E-state index contributed by atoms with van der Waals surface area (Å²) in [4.78, 5) is 17.4. The highest BCUT2D eigenvalue weighted by Crippen LogP contribution is 2.34. The maximum atomic E-state index is 13.1. The van der Waals surface area contributed by atoms with Crippen LogP contribution in [-0.4, -0.2) is 55.7 Å². The first-order chi connectivity index (χ1) is 18.5. The van der Waals surface area contributed by atoms with E-state index in [1.165, 1.54) is 24.3 Å². The number of piperidine rings is 1. The second kappa shape index (κ2) is 12.2. The maximum Gasteiger partial charge on any atom is 0.416 e. The molecule has 39 heavy (non-hydrogen) atoms. The number of aromatic hydroxyl groups is 1. The van der Waals surface area contributed by atoms with E-state index in [4.69, 9.17) is 16.3 Å². The quantitative estimate of drug-likeness (QED) is 0.330. The lowest BCUT2D eigenvalue weighted by Gasteiger charge is -2.36. The molecule has 10 heteroatoms. The number of benzene rings is 3. The number of carbonyl (C=O) groups excluding carboxylic acids is 1. The van der Waals surface area contributed by atoms with Gasteiger partial charge in [0.1, 0.15) is 11.5 Å². The fraction of sp³-hybridized carbons (Fsp3) is 0.345. The smallest absolute Gasteiger partial charge is 0.416 e. The predicted octanol–water partition coefficient (Wildman–Crippen LogP) is 6.47. The summed E-state index contributed by atoms with van der Waals surface area (Å²) in [5, 5.41) is 13.2. The number of carbonyl (C=O) groups is 1. The summed E-state index contributed by atoms with van der Waals surface area (Å²) < 4.78 is 45.4. The van der Waals surface area contributed by atoms with Gasteiger partial charge in [-0.05, 0) is 74.9 Å². The van der Waals surface area contributed by atoms with Crippen LogP contribution in [0, 0.1) is 0 Å². The number of nitrogens with one attached hydrogen (secondary N) is 1. The van der Waals surface area contributed by atoms with Crippen LogP contribution in [0.15, 0.2) is 60.7 Å². The lowest BCUT2D eigenvalue weighted by molar-refractivity contribution is -0.137. The number of hydrogen-bond acceptors (Lipinski definition) is 5. The van der Waals surface area contributed by atoms with E-state index in [-0.39, 0.29) is 24.3 Å². The Morgan fingerprint density at radius 3 is 2.59 bits per heavy atom. The second-order valence-electron chi connectivity index (χ2n) is 9.74. The number of alkyl halides is 3. The normalized spacial score (nSPS) is 14.7. The average molecular weight is 562 g/mol. The Morgan fingerprint density at radius 1 is 1.13 bits per heavy atom. The number of hydrogen-bond donors (Lipinski definition) is 2. The maximum absolute atomic E-state index is 13.1. The van der Waals surface area contributed by atoms with Gasteiger partial charge < -0.3 is 25.0 Å². The van der Waals surface area contributed by atoms with Crippen molar-refractivity contribution in [3.8, 4) is 11.5 Å². The SMILES string of the molecule is CN1CCC(N(C)c2ccc(NC(=O)c3cc(Cl)ccc3O)c(OCCc3cccc(C(F)(F)F)c3)c2)CC1. The van der Waals surface area contributed by atoms with E-state index in [1.807, 2.05) is 19.2 Å². The third kappa shape index (κ3) is 7.36. The molecule has 1 fully saturated rings. The standard InChI is InChI=1S/C29H31ClF3N3O3/c1-35-13-10-22(11-14-35)36(2)23-7-8-25(34-28(38)24-17-21(30)6-9-26(24)37)27(18-23)39-15-12-19-4-3-5-20(16-19)29(31,32)33/h3-9,16-18,22,37H,10-15H2,1-2H3,(H,34,38). The minimum absolute atomic E-state index is 0.00457. The first-order valence-electron chi connectivity index (χ1n) is 12.7. The molecular weight excluding hydrogens is 531 g/mol. The van der Waals surface area contributed by atoms with Crippen LogP contribution in [-0.2, 0) is 12.6 Å². The van der Waals surface area contributed by atoms with Gasteiger partial charge in [-0.1, -0.05) is 29.8 Å². The van der Waals surface area contributed by atoms with Gasteiger partial charge in [-0.2, -0.15) is 13.2 Å². The molecule has 0 radical (unpaired) electrons. The molecular formula is C29H31ClF3N3O3. The second-order valence-corrected chi connectivity index (χ2v) is 10.2. The van der Waals surface area contributed by atoms with E-state index >= 15 is 0 Å². The lowest BCUT2D eigenvalue weighted by atomic mass is 10.0. The molecule has 1 amide bonds. The van der Waals surface area contributed by atoms with Gasteiger partial charge in [0.2, 0.25) is 0 Å². The molecule has 4 rings (SSSR count). The number of nitrogens with zero attached hydrogens (tertiary/aromatic N) is 2. The highest BCUT2D eigenvalue weighted by Gasteiger charge is 2.30. The highest BCUT2D eigenvalue weighted by molar-refractivity contribution is 6.31. The topological polar surface area (TPSA) is 65.0 Å². The summed E-state index contributed by atoms with van der Waals surface area (Å²) in [6.45, 7) is 2.08. The molecule has 3 aromatic rings. The van der Waals surface area contributed by atoms with Crippen molar-refractivity contribution in [2.75, 3.05) is 44.0 Å². The van der Waals surface area contributed by atoms with Crippen LogP contribution in [0.2, 0.25) is 5.02 Å². The minimum Gasteiger partial charge on any atom is -0.507 e. The summed E-state index contributed by atoms with van der Waals surface area (Å²) in [5.74, 6) is -0.425. The van der Waals surface area contributed by atoms with E-state index in [1.54, 1.807) is 12.1 Å². The molecule has 0 saturated carbocycles. The van der Waals surface area contributed by atoms with Gasteiger partial charge in [0.25, 0.3) is 5.91 Å². The number of halogens is 4. The lowest BCUT2D eigenvalue weighted by Crippen LogP contribution is -2.42. The van der Waals surface area contributed by atoms with Crippen molar-refractivity contribution < 1.29 is 27.8 Å². The number of anilines is 2. The monoisotopic (exact) mass is 561 g/mol. The van der Waals surface area contributed by atoms with Crippen molar-refractivity contribution in [2.45, 2.75) is 31.5 Å². The fourth-order valence-electron chi connectivity index (χ4n) is 4.61. The van der Waals surface area contributed by atoms with Crippen molar-refractivity contribution in [3.63, 3.8) is 0 Å². The zero-order valence-corrected chi connectivity index (χ0v) is 22.5. The van der Waals surface area contributed by atoms with Crippen molar-refractivity contribution in [1.82, 2.24) is 4.90 Å². The van der Waals surface area contributed by atoms with Gasteiger partial charge in [-0.3, -0.25) is 4.79 Å². The highest BCUT2D eigenvalue weighted by atomic mass is 35.5. The van der Waals surface area contributed by atoms with Crippen LogP contribution >= 0.6 is 11.6 Å². The van der Waals surface area contributed by atoms with Crippen LogP contribution in [0.4, 0.5) is 24.5 Å². The molecule has 0 aliphatic carbocycles. The third-order valence-electron chi connectivity index (χ3n) is 6.96. The Bertz CT molecular complexity index is 1310. The molecule has 1 aliphatic heterocycles. The molecule has 0 atom stereocenters. The number of likely N-dealkylation sites (tertiary alicyclic amines) is 1. The van der Waals surface area contributed by atoms with Crippen LogP contribution < -0.4 is 15.0 Å². The molecule has 0 unspecified atom stereocenters. The molecule has 2 N–H and O–H groups in total. The first kappa shape index (κ1) is 28.6. The molecule has 0 bridgehead atoms. The summed E-state index contributed by atoms with van der Waals surface area (Å²) in [5.41, 5.74) is 1.03. The molecule has 3 aromatic carbocycles. The molecule has 1 aliphatic rings. The number of phenols is 1. The third-order valence-corrected chi connectivity index (χ3v) is 7.20. The van der Waals surface area contributed by atoms with Gasteiger partial charge in [0.05, 0.1) is 23.4 Å². The van der Waals surface area contributed by atoms with E-state index < -0.39 is 17.6 Å². The van der Waals surface area contributed by atoms with Crippen LogP contribution in [0.1, 0.15) is 34.3 Å². The average Bonchev–Trinajstić information content (AvgIpc) is 2.90. The Morgan fingerprint density at radius 2 is 1.87 bits per heavy atom. The van der Waals surface area contributed by atoms with E-state index in [0.29, 0.717) is 28.1 Å². The van der Waals surface area contributed by atoms with Crippen molar-refractivity contribution in [3.05, 3.63) is 82.4 Å². The fourth-order valence-corrected chi connectivity index (χ4v) is 4.78. The molecule has 0 aromatic heterocycles. The van der Waals surface area contributed by atoms with E-state index in [0.717, 1.165) is 43.8 Å². The summed E-state index contributed by atoms with van der Waals surface area (Å²) in [7, 11) is 4.11. The van der Waals surface area contributed by atoms with Gasteiger partial charge >= 0.3 is 6.18 Å². The van der Waals surface area contributed by atoms with Gasteiger partial charge in [0.15, 0.2) is 0 Å². The van der Waals surface area contributed by atoms with Crippen LogP contribution in [0.25, 0.3) is 0 Å². The number of rotatable bonds is 8. The Kier molecular flexibility index (Phi) is 8.92. The van der Waals surface area contributed by atoms with Crippen molar-refractivity contribution >= 4 is 28.9 Å². The first-order valence-corrected chi connectivity index (χ1v) is 13.0. The Balaban J connectivity index is 1.55. The van der Waals surface area contributed by atoms with Crippen LogP contribution in [0.3, 0.4) is 0 Å². The van der Waals surface area contributed by atoms with Gasteiger partial charge in [0, 0.05) is 36.3 Å². The largest absolute Gasteiger partial charge is 0.507 e. The minimum atomic E-state index is -4.42. The van der Waals surface area contributed by atoms with Crippen molar-refractivity contribution in [1.29, 1.82) is 0 Å². The Hall–Kier alpha value is -3.43. The summed E-state index contributed by atoms with van der Waals surface area (Å²) in [6, 6.07) is 15.1.